The fourth-order valence-corrected chi connectivity index (χ4v) is 5.86. The van der Waals surface area contributed by atoms with E-state index in [0.717, 1.165) is 11.1 Å². The Morgan fingerprint density at radius 3 is 2.54 bits per heavy atom. The molecule has 1 aliphatic rings. The first-order valence-corrected chi connectivity index (χ1v) is 14.1. The Balaban J connectivity index is 1.62. The highest BCUT2D eigenvalue weighted by Gasteiger charge is 2.33. The number of hydrogen-bond acceptors (Lipinski definition) is 6. The summed E-state index contributed by atoms with van der Waals surface area (Å²) in [5.41, 5.74) is 3.36. The summed E-state index contributed by atoms with van der Waals surface area (Å²) in [4.78, 5) is 32.0. The van der Waals surface area contributed by atoms with Crippen molar-refractivity contribution in [3.8, 4) is 11.3 Å². The number of aromatic nitrogens is 1. The molecule has 0 saturated heterocycles. The number of benzene rings is 2. The van der Waals surface area contributed by atoms with Gasteiger partial charge in [0, 0.05) is 11.6 Å². The second-order valence-electron chi connectivity index (χ2n) is 9.45. The van der Waals surface area contributed by atoms with E-state index in [0.29, 0.717) is 48.1 Å². The number of esters is 1. The van der Waals surface area contributed by atoms with E-state index in [-0.39, 0.29) is 12.2 Å². The van der Waals surface area contributed by atoms with E-state index < -0.39 is 12.0 Å². The van der Waals surface area contributed by atoms with Gasteiger partial charge in [-0.1, -0.05) is 72.7 Å². The molecule has 0 bridgehead atoms. The Labute approximate surface area is 239 Å². The van der Waals surface area contributed by atoms with Gasteiger partial charge in [0.1, 0.15) is 11.5 Å². The third kappa shape index (κ3) is 5.26. The van der Waals surface area contributed by atoms with Crippen LogP contribution in [0.2, 0.25) is 10.0 Å². The van der Waals surface area contributed by atoms with Gasteiger partial charge in [0.15, 0.2) is 4.80 Å². The van der Waals surface area contributed by atoms with Gasteiger partial charge in [0.2, 0.25) is 0 Å². The van der Waals surface area contributed by atoms with Crippen LogP contribution in [0.25, 0.3) is 17.4 Å². The minimum atomic E-state index is -0.660. The Hall–Kier alpha value is -3.39. The van der Waals surface area contributed by atoms with Gasteiger partial charge in [-0.25, -0.2) is 9.79 Å². The molecule has 1 aliphatic heterocycles. The molecular formula is C30H26Cl2N2O4S. The standard InChI is InChI=1S/C30H26Cl2N2O4S/c1-5-37-29(36)26-17(4)33-30-34(27(26)19-8-6-18(7-9-19)16(2)3)28(35)25(39-30)15-21-11-13-24(38-21)20-10-12-22(31)23(32)14-20/h6-16,27H,5H2,1-4H3/b25-15-/t27-/m1/s1. The molecule has 6 nitrogen and oxygen atoms in total. The summed E-state index contributed by atoms with van der Waals surface area (Å²) in [6.45, 7) is 7.99. The van der Waals surface area contributed by atoms with E-state index >= 15 is 0 Å². The van der Waals surface area contributed by atoms with Crippen LogP contribution < -0.4 is 14.9 Å². The molecule has 1 atom stereocenters. The summed E-state index contributed by atoms with van der Waals surface area (Å²) in [6, 6.07) is 16.2. The van der Waals surface area contributed by atoms with Crippen molar-refractivity contribution < 1.29 is 13.9 Å². The maximum absolute atomic E-state index is 13.8. The highest BCUT2D eigenvalue weighted by molar-refractivity contribution is 7.07. The number of hydrogen-bond donors (Lipinski definition) is 0. The lowest BCUT2D eigenvalue weighted by atomic mass is 9.93. The van der Waals surface area contributed by atoms with Crippen molar-refractivity contribution >= 4 is 46.6 Å². The minimum Gasteiger partial charge on any atom is -0.463 e. The second kappa shape index (κ2) is 11.0. The van der Waals surface area contributed by atoms with Gasteiger partial charge in [-0.3, -0.25) is 9.36 Å². The summed E-state index contributed by atoms with van der Waals surface area (Å²) in [5, 5.41) is 0.883. The molecular weight excluding hydrogens is 555 g/mol. The van der Waals surface area contributed by atoms with E-state index in [1.165, 1.54) is 16.9 Å². The number of furan rings is 1. The zero-order chi connectivity index (χ0) is 27.8. The average molecular weight is 582 g/mol. The lowest BCUT2D eigenvalue weighted by molar-refractivity contribution is -0.139. The zero-order valence-electron chi connectivity index (χ0n) is 21.8. The summed E-state index contributed by atoms with van der Waals surface area (Å²) in [7, 11) is 0. The van der Waals surface area contributed by atoms with Gasteiger partial charge < -0.3 is 9.15 Å². The molecule has 2 aromatic carbocycles. The molecule has 0 unspecified atom stereocenters. The Bertz CT molecular complexity index is 1780. The Morgan fingerprint density at radius 2 is 1.87 bits per heavy atom. The lowest BCUT2D eigenvalue weighted by Gasteiger charge is -2.25. The van der Waals surface area contributed by atoms with Crippen molar-refractivity contribution in [2.24, 2.45) is 4.99 Å². The summed E-state index contributed by atoms with van der Waals surface area (Å²) in [6.07, 6.45) is 1.69. The van der Waals surface area contributed by atoms with E-state index in [9.17, 15) is 9.59 Å². The number of thiazole rings is 1. The SMILES string of the molecule is CCOC(=O)C1=C(C)N=c2s/c(=C\c3ccc(-c4ccc(Cl)c(Cl)c4)o3)c(=O)n2[C@@H]1c1ccc(C(C)C)cc1. The van der Waals surface area contributed by atoms with Crippen molar-refractivity contribution in [3.05, 3.63) is 112 Å². The second-order valence-corrected chi connectivity index (χ2v) is 11.3. The molecule has 4 aromatic rings. The molecule has 5 rings (SSSR count). The zero-order valence-corrected chi connectivity index (χ0v) is 24.2. The largest absolute Gasteiger partial charge is 0.463 e. The van der Waals surface area contributed by atoms with Gasteiger partial charge in [-0.05, 0) is 61.2 Å². The lowest BCUT2D eigenvalue weighted by Crippen LogP contribution is -2.39. The van der Waals surface area contributed by atoms with E-state index in [1.807, 2.05) is 36.4 Å². The van der Waals surface area contributed by atoms with Crippen LogP contribution in [0.15, 0.2) is 80.1 Å². The number of carbonyl (C=O) groups excluding carboxylic acids is 1. The molecule has 0 saturated carbocycles. The van der Waals surface area contributed by atoms with E-state index in [1.54, 1.807) is 42.7 Å². The summed E-state index contributed by atoms with van der Waals surface area (Å²) in [5.74, 6) is 0.963. The van der Waals surface area contributed by atoms with Gasteiger partial charge in [0.05, 0.1) is 38.5 Å². The van der Waals surface area contributed by atoms with Crippen molar-refractivity contribution in [1.29, 1.82) is 0 Å². The third-order valence-electron chi connectivity index (χ3n) is 6.54. The fraction of sp³-hybridized carbons (Fsp3) is 0.233. The number of halogens is 2. The van der Waals surface area contributed by atoms with Crippen molar-refractivity contribution in [2.75, 3.05) is 6.61 Å². The predicted octanol–water partition coefficient (Wildman–Crippen LogP) is 6.49. The van der Waals surface area contributed by atoms with Crippen LogP contribution in [0.3, 0.4) is 0 Å². The highest BCUT2D eigenvalue weighted by atomic mass is 35.5. The van der Waals surface area contributed by atoms with Crippen LogP contribution in [-0.2, 0) is 9.53 Å². The third-order valence-corrected chi connectivity index (χ3v) is 8.26. The monoisotopic (exact) mass is 580 g/mol. The number of ether oxygens (including phenoxy) is 1. The summed E-state index contributed by atoms with van der Waals surface area (Å²) < 4.78 is 13.4. The molecule has 0 aliphatic carbocycles. The maximum atomic E-state index is 13.8. The number of carbonyl (C=O) groups is 1. The molecule has 0 fully saturated rings. The first kappa shape index (κ1) is 27.2. The number of nitrogens with zero attached hydrogens (tertiary/aromatic N) is 2. The molecule has 3 heterocycles. The fourth-order valence-electron chi connectivity index (χ4n) is 4.53. The number of allylic oxidation sites excluding steroid dienone is 1. The first-order chi connectivity index (χ1) is 18.7. The van der Waals surface area contributed by atoms with Gasteiger partial charge in [-0.15, -0.1) is 0 Å². The Morgan fingerprint density at radius 1 is 1.13 bits per heavy atom. The molecule has 0 N–H and O–H groups in total. The molecule has 0 spiro atoms. The topological polar surface area (TPSA) is 73.8 Å². The molecule has 0 amide bonds. The normalized spacial score (nSPS) is 15.5. The first-order valence-electron chi connectivity index (χ1n) is 12.5. The maximum Gasteiger partial charge on any atom is 0.338 e. The van der Waals surface area contributed by atoms with Crippen LogP contribution in [-0.4, -0.2) is 17.1 Å². The van der Waals surface area contributed by atoms with Crippen LogP contribution in [0, 0.1) is 0 Å². The van der Waals surface area contributed by atoms with Crippen molar-refractivity contribution in [1.82, 2.24) is 4.57 Å². The smallest absolute Gasteiger partial charge is 0.338 e. The molecule has 0 radical (unpaired) electrons. The van der Waals surface area contributed by atoms with Crippen LogP contribution >= 0.6 is 34.5 Å². The van der Waals surface area contributed by atoms with Crippen molar-refractivity contribution in [3.63, 3.8) is 0 Å². The predicted molar refractivity (Wildman–Crippen MR) is 155 cm³/mol. The van der Waals surface area contributed by atoms with E-state index in [2.05, 4.69) is 18.8 Å². The molecule has 39 heavy (non-hydrogen) atoms. The average Bonchev–Trinajstić information content (AvgIpc) is 3.49. The molecule has 200 valence electrons. The molecule has 9 heteroatoms. The van der Waals surface area contributed by atoms with Gasteiger partial charge in [-0.2, -0.15) is 0 Å². The van der Waals surface area contributed by atoms with Crippen molar-refractivity contribution in [2.45, 2.75) is 39.7 Å². The number of fused-ring (bicyclic) bond motifs is 1. The van der Waals surface area contributed by atoms with Crippen LogP contribution in [0.4, 0.5) is 0 Å². The Kier molecular flexibility index (Phi) is 7.67. The number of rotatable bonds is 6. The highest BCUT2D eigenvalue weighted by Crippen LogP contribution is 2.32. The minimum absolute atomic E-state index is 0.221. The van der Waals surface area contributed by atoms with E-state index in [4.69, 9.17) is 32.4 Å². The van der Waals surface area contributed by atoms with Gasteiger partial charge >= 0.3 is 5.97 Å². The van der Waals surface area contributed by atoms with Gasteiger partial charge in [0.25, 0.3) is 5.56 Å². The quantitative estimate of drug-likeness (QED) is 0.244. The molecule has 2 aromatic heterocycles. The van der Waals surface area contributed by atoms with Crippen LogP contribution in [0.1, 0.15) is 56.5 Å². The summed E-state index contributed by atoms with van der Waals surface area (Å²) >= 11 is 13.4. The van der Waals surface area contributed by atoms with Crippen LogP contribution in [0.5, 0.6) is 0 Å².